The van der Waals surface area contributed by atoms with E-state index in [1.807, 2.05) is 24.3 Å². The lowest BCUT2D eigenvalue weighted by atomic mass is 9.63. The van der Waals surface area contributed by atoms with Crippen molar-refractivity contribution in [1.82, 2.24) is 0 Å². The Labute approximate surface area is 174 Å². The Morgan fingerprint density at radius 1 is 1.03 bits per heavy atom. The normalized spacial score (nSPS) is 27.8. The van der Waals surface area contributed by atoms with E-state index in [1.165, 1.54) is 21.3 Å². The van der Waals surface area contributed by atoms with E-state index in [9.17, 15) is 9.59 Å². The van der Waals surface area contributed by atoms with E-state index in [2.05, 4.69) is 17.5 Å². The van der Waals surface area contributed by atoms with E-state index < -0.39 is 11.3 Å². The van der Waals surface area contributed by atoms with Gasteiger partial charge in [-0.05, 0) is 42.0 Å². The number of methoxy groups -OCH3 is 3. The van der Waals surface area contributed by atoms with Crippen LogP contribution in [0.4, 0.5) is 5.69 Å². The summed E-state index contributed by atoms with van der Waals surface area (Å²) in [5.74, 6) is 0.625. The molecule has 1 aliphatic heterocycles. The molecule has 1 N–H and O–H groups in total. The molecule has 4 atom stereocenters. The summed E-state index contributed by atoms with van der Waals surface area (Å²) in [7, 11) is 4.57. The third-order valence-corrected chi connectivity index (χ3v) is 6.85. The van der Waals surface area contributed by atoms with Crippen molar-refractivity contribution in [3.8, 4) is 17.2 Å². The van der Waals surface area contributed by atoms with Crippen molar-refractivity contribution in [1.29, 1.82) is 0 Å². The van der Waals surface area contributed by atoms with Gasteiger partial charge in [-0.3, -0.25) is 9.59 Å². The van der Waals surface area contributed by atoms with Crippen molar-refractivity contribution < 1.29 is 23.8 Å². The minimum Gasteiger partial charge on any atom is -0.493 e. The summed E-state index contributed by atoms with van der Waals surface area (Å²) in [6.45, 7) is 0. The summed E-state index contributed by atoms with van der Waals surface area (Å²) >= 11 is 0. The Morgan fingerprint density at radius 3 is 2.40 bits per heavy atom. The summed E-state index contributed by atoms with van der Waals surface area (Å²) in [5.41, 5.74) is 1.28. The number of nitrogens with one attached hydrogen (secondary N) is 1. The number of fused-ring (bicyclic) bond motifs is 5. The zero-order chi connectivity index (χ0) is 21.0. The highest BCUT2D eigenvalue weighted by Gasteiger charge is 2.66. The number of Topliss-reactive ketones (excluding diaryl/α,β-unsaturated/α-hetero) is 1. The average Bonchev–Trinajstić information content (AvgIpc) is 3.45. The number of ketones is 1. The van der Waals surface area contributed by atoms with Crippen LogP contribution in [-0.2, 0) is 10.2 Å². The number of benzene rings is 2. The molecular weight excluding hydrogens is 382 g/mol. The zero-order valence-electron chi connectivity index (χ0n) is 17.1. The fraction of sp³-hybridized carbons (Fsp3) is 0.333. The molecule has 1 saturated carbocycles. The molecule has 0 unspecified atom stereocenters. The minimum absolute atomic E-state index is 0.00198. The fourth-order valence-corrected chi connectivity index (χ4v) is 5.66. The van der Waals surface area contributed by atoms with E-state index in [0.717, 1.165) is 17.7 Å². The Bertz CT molecular complexity index is 1070. The van der Waals surface area contributed by atoms with Crippen LogP contribution < -0.4 is 19.5 Å². The number of hydrogen-bond donors (Lipinski definition) is 1. The van der Waals surface area contributed by atoms with Crippen molar-refractivity contribution in [2.24, 2.45) is 17.8 Å². The molecule has 6 nitrogen and oxygen atoms in total. The molecular formula is C24H23NO5. The molecule has 0 saturated heterocycles. The number of rotatable bonds is 5. The summed E-state index contributed by atoms with van der Waals surface area (Å²) in [4.78, 5) is 27.3. The molecule has 2 bridgehead atoms. The Balaban J connectivity index is 1.66. The molecule has 2 aliphatic carbocycles. The predicted molar refractivity (Wildman–Crippen MR) is 111 cm³/mol. The number of carbonyl (C=O) groups is 2. The summed E-state index contributed by atoms with van der Waals surface area (Å²) in [6, 6.07) is 11.0. The van der Waals surface area contributed by atoms with Gasteiger partial charge >= 0.3 is 0 Å². The van der Waals surface area contributed by atoms with Crippen molar-refractivity contribution in [2.75, 3.05) is 26.6 Å². The zero-order valence-corrected chi connectivity index (χ0v) is 17.1. The van der Waals surface area contributed by atoms with Crippen molar-refractivity contribution in [2.45, 2.75) is 11.8 Å². The molecule has 0 radical (unpaired) electrons. The van der Waals surface area contributed by atoms with Crippen LogP contribution in [0, 0.1) is 17.8 Å². The van der Waals surface area contributed by atoms with E-state index in [0.29, 0.717) is 22.8 Å². The third-order valence-electron chi connectivity index (χ3n) is 6.85. The fourth-order valence-electron chi connectivity index (χ4n) is 5.66. The number of para-hydroxylation sites is 1. The van der Waals surface area contributed by atoms with Crippen LogP contribution in [0.25, 0.3) is 0 Å². The van der Waals surface area contributed by atoms with Gasteiger partial charge in [0.25, 0.3) is 0 Å². The molecule has 30 heavy (non-hydrogen) atoms. The molecule has 6 heteroatoms. The molecule has 5 rings (SSSR count). The van der Waals surface area contributed by atoms with Crippen LogP contribution in [0.5, 0.6) is 17.2 Å². The highest BCUT2D eigenvalue weighted by Crippen LogP contribution is 2.62. The monoisotopic (exact) mass is 405 g/mol. The molecule has 1 heterocycles. The lowest BCUT2D eigenvalue weighted by Gasteiger charge is -2.36. The van der Waals surface area contributed by atoms with E-state index >= 15 is 0 Å². The molecule has 2 aromatic rings. The van der Waals surface area contributed by atoms with Gasteiger partial charge in [-0.2, -0.15) is 0 Å². The second-order valence-electron chi connectivity index (χ2n) is 8.02. The summed E-state index contributed by atoms with van der Waals surface area (Å²) in [6.07, 6.45) is 4.98. The van der Waals surface area contributed by atoms with Gasteiger partial charge in [0.05, 0.1) is 26.7 Å². The molecule has 2 aromatic carbocycles. The quantitative estimate of drug-likeness (QED) is 0.608. The van der Waals surface area contributed by atoms with Gasteiger partial charge in [-0.15, -0.1) is 0 Å². The number of allylic oxidation sites excluding steroid dienone is 2. The molecule has 3 aliphatic rings. The lowest BCUT2D eigenvalue weighted by Crippen LogP contribution is -2.48. The van der Waals surface area contributed by atoms with Crippen LogP contribution in [0.3, 0.4) is 0 Å². The molecule has 0 aromatic heterocycles. The second kappa shape index (κ2) is 6.62. The molecule has 1 spiro atoms. The third kappa shape index (κ3) is 2.24. The first-order valence-corrected chi connectivity index (χ1v) is 9.99. The van der Waals surface area contributed by atoms with E-state index in [4.69, 9.17) is 14.2 Å². The molecule has 1 amide bonds. The number of hydrogen-bond acceptors (Lipinski definition) is 5. The van der Waals surface area contributed by atoms with Gasteiger partial charge in [-0.25, -0.2) is 0 Å². The maximum atomic E-state index is 13.9. The van der Waals surface area contributed by atoms with Gasteiger partial charge in [0.2, 0.25) is 11.7 Å². The Kier molecular flexibility index (Phi) is 4.13. The van der Waals surface area contributed by atoms with Gasteiger partial charge in [0.1, 0.15) is 0 Å². The molecule has 154 valence electrons. The maximum absolute atomic E-state index is 13.9. The first-order chi connectivity index (χ1) is 14.6. The first-order valence-electron chi connectivity index (χ1n) is 9.99. The molecule has 1 fully saturated rings. The topological polar surface area (TPSA) is 73.9 Å². The lowest BCUT2D eigenvalue weighted by molar-refractivity contribution is -0.122. The van der Waals surface area contributed by atoms with Crippen LogP contribution in [0.2, 0.25) is 0 Å². The van der Waals surface area contributed by atoms with Crippen molar-refractivity contribution >= 4 is 17.4 Å². The van der Waals surface area contributed by atoms with Crippen LogP contribution in [-0.4, -0.2) is 33.0 Å². The van der Waals surface area contributed by atoms with E-state index in [1.54, 1.807) is 12.1 Å². The number of anilines is 1. The highest BCUT2D eigenvalue weighted by atomic mass is 16.5. The first kappa shape index (κ1) is 18.7. The average molecular weight is 405 g/mol. The van der Waals surface area contributed by atoms with Crippen LogP contribution in [0.1, 0.15) is 22.3 Å². The van der Waals surface area contributed by atoms with Crippen molar-refractivity contribution in [3.05, 3.63) is 59.7 Å². The van der Waals surface area contributed by atoms with Crippen LogP contribution >= 0.6 is 0 Å². The standard InChI is InChI=1S/C24H23NO5/c1-28-18-11-14(12-19(29-2)22(18)30-3)21(26)20-13-8-9-15(10-13)24(20)16-6-4-5-7-17(16)25-23(24)27/h4-9,11-13,15,20H,10H2,1-3H3,(H,25,27)/t13-,15-,20-,24+/m0/s1. The largest absolute Gasteiger partial charge is 0.493 e. The maximum Gasteiger partial charge on any atom is 0.236 e. The number of ether oxygens (including phenoxy) is 3. The SMILES string of the molecule is COc1cc(C(=O)[C@@H]2[C@H]3C=C[C@@H](C3)[C@]23C(=O)Nc2ccccc23)cc(OC)c1OC. The number of carbonyl (C=O) groups excluding carboxylic acids is 2. The second-order valence-corrected chi connectivity index (χ2v) is 8.02. The summed E-state index contributed by atoms with van der Waals surface area (Å²) in [5, 5.41) is 3.02. The van der Waals surface area contributed by atoms with Crippen LogP contribution in [0.15, 0.2) is 48.6 Å². The minimum atomic E-state index is -0.881. The van der Waals surface area contributed by atoms with Gasteiger partial charge in [0.15, 0.2) is 17.3 Å². The Morgan fingerprint density at radius 2 is 1.73 bits per heavy atom. The number of amides is 1. The highest BCUT2D eigenvalue weighted by molar-refractivity contribution is 6.13. The van der Waals surface area contributed by atoms with Gasteiger partial charge in [0, 0.05) is 17.2 Å². The Hall–Kier alpha value is -3.28. The smallest absolute Gasteiger partial charge is 0.236 e. The van der Waals surface area contributed by atoms with Crippen molar-refractivity contribution in [3.63, 3.8) is 0 Å². The van der Waals surface area contributed by atoms with E-state index in [-0.39, 0.29) is 23.5 Å². The summed E-state index contributed by atoms with van der Waals surface area (Å²) < 4.78 is 16.3. The van der Waals surface area contributed by atoms with Gasteiger partial charge < -0.3 is 19.5 Å². The predicted octanol–water partition coefficient (Wildman–Crippen LogP) is 3.61. The van der Waals surface area contributed by atoms with Gasteiger partial charge in [-0.1, -0.05) is 30.4 Å².